The molecule has 1 aliphatic carbocycles. The number of ketones is 2. The van der Waals surface area contributed by atoms with Crippen molar-refractivity contribution in [2.45, 2.75) is 18.8 Å². The van der Waals surface area contributed by atoms with Gasteiger partial charge in [-0.1, -0.05) is 30.3 Å². The van der Waals surface area contributed by atoms with Crippen LogP contribution in [0, 0.1) is 0 Å². The molecule has 16 heavy (non-hydrogen) atoms. The van der Waals surface area contributed by atoms with Gasteiger partial charge in [-0.3, -0.25) is 9.59 Å². The van der Waals surface area contributed by atoms with Crippen LogP contribution in [0.2, 0.25) is 0 Å². The molecule has 3 nitrogen and oxygen atoms in total. The van der Waals surface area contributed by atoms with Crippen molar-refractivity contribution in [1.29, 1.82) is 0 Å². The first kappa shape index (κ1) is 10.6. The summed E-state index contributed by atoms with van der Waals surface area (Å²) in [5.74, 6) is -0.592. The molecule has 1 aromatic carbocycles. The molecule has 1 fully saturated rings. The van der Waals surface area contributed by atoms with E-state index in [9.17, 15) is 9.59 Å². The van der Waals surface area contributed by atoms with E-state index in [2.05, 4.69) is 0 Å². The first-order chi connectivity index (χ1) is 7.72. The molecule has 0 bridgehead atoms. The minimum Gasteiger partial charge on any atom is -0.515 e. The smallest absolute Gasteiger partial charge is 0.170 e. The van der Waals surface area contributed by atoms with Gasteiger partial charge in [0.15, 0.2) is 11.6 Å². The Kier molecular flexibility index (Phi) is 2.86. The Bertz CT molecular complexity index is 426. The Morgan fingerprint density at radius 1 is 1.06 bits per heavy atom. The van der Waals surface area contributed by atoms with E-state index in [0.717, 1.165) is 5.56 Å². The van der Waals surface area contributed by atoms with E-state index in [1.807, 2.05) is 30.3 Å². The van der Waals surface area contributed by atoms with Crippen LogP contribution in [0.1, 0.15) is 24.3 Å². The number of aliphatic hydroxyl groups excluding tert-OH is 1. The lowest BCUT2D eigenvalue weighted by molar-refractivity contribution is -0.124. The summed E-state index contributed by atoms with van der Waals surface area (Å²) >= 11 is 0. The zero-order chi connectivity index (χ0) is 11.5. The predicted octanol–water partition coefficient (Wildman–Crippen LogP) is 2.14. The van der Waals surface area contributed by atoms with E-state index in [0.29, 0.717) is 19.1 Å². The molecule has 3 heteroatoms. The van der Waals surface area contributed by atoms with Crippen molar-refractivity contribution in [1.82, 2.24) is 0 Å². The van der Waals surface area contributed by atoms with Gasteiger partial charge in [0.1, 0.15) is 0 Å². The highest BCUT2D eigenvalue weighted by molar-refractivity contribution is 6.22. The second kappa shape index (κ2) is 4.31. The van der Waals surface area contributed by atoms with Gasteiger partial charge in [-0.25, -0.2) is 0 Å². The lowest BCUT2D eigenvalue weighted by atomic mass is 9.80. The minimum atomic E-state index is -0.271. The van der Waals surface area contributed by atoms with Crippen LogP contribution < -0.4 is 0 Å². The summed E-state index contributed by atoms with van der Waals surface area (Å²) in [6.45, 7) is 0. The van der Waals surface area contributed by atoms with Gasteiger partial charge in [0.25, 0.3) is 0 Å². The van der Waals surface area contributed by atoms with Crippen molar-refractivity contribution in [3.05, 3.63) is 47.7 Å². The molecule has 1 aliphatic rings. The molecular formula is C13H12O3. The van der Waals surface area contributed by atoms with Gasteiger partial charge < -0.3 is 5.11 Å². The van der Waals surface area contributed by atoms with Gasteiger partial charge in [0.05, 0.1) is 11.8 Å². The number of rotatable bonds is 1. The predicted molar refractivity (Wildman–Crippen MR) is 59.1 cm³/mol. The topological polar surface area (TPSA) is 54.4 Å². The Labute approximate surface area is 93.4 Å². The molecule has 0 heterocycles. The molecule has 0 spiro atoms. The van der Waals surface area contributed by atoms with Crippen molar-refractivity contribution >= 4 is 11.6 Å². The zero-order valence-electron chi connectivity index (χ0n) is 8.72. The quantitative estimate of drug-likeness (QED) is 0.444. The van der Waals surface area contributed by atoms with E-state index in [-0.39, 0.29) is 23.1 Å². The maximum atomic E-state index is 11.6. The van der Waals surface area contributed by atoms with E-state index in [1.165, 1.54) is 0 Å². The number of carbonyl (C=O) groups excluding carboxylic acids is 2. The third-order valence-corrected chi connectivity index (χ3v) is 2.86. The molecule has 0 amide bonds. The summed E-state index contributed by atoms with van der Waals surface area (Å²) in [5, 5.41) is 8.78. The average molecular weight is 216 g/mol. The van der Waals surface area contributed by atoms with Gasteiger partial charge in [-0.05, 0) is 11.5 Å². The minimum absolute atomic E-state index is 0.0510. The first-order valence-electron chi connectivity index (χ1n) is 5.18. The van der Waals surface area contributed by atoms with Crippen LogP contribution in [0.5, 0.6) is 0 Å². The number of allylic oxidation sites excluding steroid dienone is 1. The molecule has 0 unspecified atom stereocenters. The number of hydrogen-bond donors (Lipinski definition) is 1. The van der Waals surface area contributed by atoms with Crippen LogP contribution in [0.4, 0.5) is 0 Å². The van der Waals surface area contributed by atoms with Crippen molar-refractivity contribution in [2.75, 3.05) is 0 Å². The Hall–Kier alpha value is -1.90. The van der Waals surface area contributed by atoms with Gasteiger partial charge >= 0.3 is 0 Å². The Morgan fingerprint density at radius 2 is 1.62 bits per heavy atom. The molecule has 1 aromatic rings. The highest BCUT2D eigenvalue weighted by atomic mass is 16.2. The van der Waals surface area contributed by atoms with Crippen LogP contribution in [0.25, 0.3) is 0 Å². The largest absolute Gasteiger partial charge is 0.515 e. The van der Waals surface area contributed by atoms with E-state index >= 15 is 0 Å². The van der Waals surface area contributed by atoms with Gasteiger partial charge in [0, 0.05) is 12.8 Å². The SMILES string of the molecule is O=C1CC(c2ccccc2)CC(=O)C1=CO. The average Bonchev–Trinajstić information content (AvgIpc) is 2.30. The zero-order valence-corrected chi connectivity index (χ0v) is 8.72. The molecule has 0 aliphatic heterocycles. The standard InChI is InChI=1S/C13H12O3/c14-8-11-12(15)6-10(7-13(11)16)9-4-2-1-3-5-9/h1-5,8,10,14H,6-7H2. The molecule has 1 saturated carbocycles. The van der Waals surface area contributed by atoms with Crippen LogP contribution in [0.3, 0.4) is 0 Å². The summed E-state index contributed by atoms with van der Waals surface area (Å²) < 4.78 is 0. The number of Topliss-reactive ketones (excluding diaryl/α,β-unsaturated/α-hetero) is 2. The van der Waals surface area contributed by atoms with Crippen molar-refractivity contribution in [3.8, 4) is 0 Å². The number of benzene rings is 1. The lowest BCUT2D eigenvalue weighted by Gasteiger charge is -2.21. The molecular weight excluding hydrogens is 204 g/mol. The highest BCUT2D eigenvalue weighted by Gasteiger charge is 2.31. The van der Waals surface area contributed by atoms with Gasteiger partial charge in [0.2, 0.25) is 0 Å². The molecule has 0 aromatic heterocycles. The fourth-order valence-electron chi connectivity index (χ4n) is 2.00. The van der Waals surface area contributed by atoms with E-state index in [4.69, 9.17) is 5.11 Å². The van der Waals surface area contributed by atoms with Crippen molar-refractivity contribution in [2.24, 2.45) is 0 Å². The number of aliphatic hydroxyl groups is 1. The molecule has 0 radical (unpaired) electrons. The Balaban J connectivity index is 2.24. The fraction of sp³-hybridized carbons (Fsp3) is 0.231. The molecule has 0 saturated heterocycles. The second-order valence-electron chi connectivity index (χ2n) is 3.90. The molecule has 0 atom stereocenters. The maximum Gasteiger partial charge on any atom is 0.170 e. The lowest BCUT2D eigenvalue weighted by Crippen LogP contribution is -2.24. The summed E-state index contributed by atoms with van der Waals surface area (Å²) in [6, 6.07) is 9.51. The summed E-state index contributed by atoms with van der Waals surface area (Å²) in [4.78, 5) is 23.1. The fourth-order valence-corrected chi connectivity index (χ4v) is 2.00. The van der Waals surface area contributed by atoms with E-state index < -0.39 is 0 Å². The van der Waals surface area contributed by atoms with E-state index in [1.54, 1.807) is 0 Å². The van der Waals surface area contributed by atoms with Crippen LogP contribution in [0.15, 0.2) is 42.2 Å². The maximum absolute atomic E-state index is 11.6. The Morgan fingerprint density at radius 3 is 2.12 bits per heavy atom. The molecule has 82 valence electrons. The second-order valence-corrected chi connectivity index (χ2v) is 3.90. The normalized spacial score (nSPS) is 21.0. The van der Waals surface area contributed by atoms with Crippen molar-refractivity contribution in [3.63, 3.8) is 0 Å². The molecule has 2 rings (SSSR count). The summed E-state index contributed by atoms with van der Waals surface area (Å²) in [5.41, 5.74) is 0.938. The van der Waals surface area contributed by atoms with Crippen LogP contribution in [-0.2, 0) is 9.59 Å². The number of hydrogen-bond acceptors (Lipinski definition) is 3. The van der Waals surface area contributed by atoms with Gasteiger partial charge in [-0.15, -0.1) is 0 Å². The first-order valence-corrected chi connectivity index (χ1v) is 5.18. The summed E-state index contributed by atoms with van der Waals surface area (Å²) in [7, 11) is 0. The van der Waals surface area contributed by atoms with Crippen LogP contribution in [-0.4, -0.2) is 16.7 Å². The molecule has 1 N–H and O–H groups in total. The van der Waals surface area contributed by atoms with Crippen LogP contribution >= 0.6 is 0 Å². The monoisotopic (exact) mass is 216 g/mol. The van der Waals surface area contributed by atoms with Crippen molar-refractivity contribution < 1.29 is 14.7 Å². The summed E-state index contributed by atoms with van der Waals surface area (Å²) in [6.07, 6.45) is 1.22. The number of carbonyl (C=O) groups is 2. The third kappa shape index (κ3) is 1.89. The highest BCUT2D eigenvalue weighted by Crippen LogP contribution is 2.30. The van der Waals surface area contributed by atoms with Gasteiger partial charge in [-0.2, -0.15) is 0 Å². The third-order valence-electron chi connectivity index (χ3n) is 2.86.